The number of phosphoric acid groups is 1. The minimum atomic E-state index is -4.36. The normalized spacial score (nSPS) is 14.2. The number of phosphoric ester groups is 1. The van der Waals surface area contributed by atoms with Crippen LogP contribution in [-0.2, 0) is 18.4 Å². The second kappa shape index (κ2) is 54.3. The number of quaternary nitrogens is 1. The Hall–Kier alpha value is -1.54. The molecular weight excluding hydrogens is 912 g/mol. The molecular formula is C63H122N2O6P+. The number of hydrogen-bond donors (Lipinski definition) is 3. The molecule has 0 heterocycles. The predicted molar refractivity (Wildman–Crippen MR) is 314 cm³/mol. The smallest absolute Gasteiger partial charge is 0.387 e. The standard InChI is InChI=1S/C63H121N2O6P/c1-6-8-10-12-14-16-18-20-22-24-26-27-28-29-30-31-32-33-34-35-36-37-39-41-43-45-47-49-51-53-55-57-63(67)64-61(60-71-72(68,69)70-59-58-65(3,4)5)62(66)56-54-52-50-48-46-44-42-40-38-25-23-21-19-17-15-13-11-9-7-2/h18,20,24,26,46,48,54,56,61-62,66H,6-17,19,21-23,25,27-45,47,49-53,55,57-60H2,1-5H3,(H-,64,67,68,69)/p+1/b20-18-,26-24-,48-46+,56-54+. The molecule has 9 heteroatoms. The van der Waals surface area contributed by atoms with E-state index in [0.717, 1.165) is 44.9 Å². The van der Waals surface area contributed by atoms with Crippen molar-refractivity contribution in [2.24, 2.45) is 0 Å². The lowest BCUT2D eigenvalue weighted by atomic mass is 10.0. The maximum absolute atomic E-state index is 13.0. The van der Waals surface area contributed by atoms with Crippen molar-refractivity contribution in [3.05, 3.63) is 48.6 Å². The molecule has 0 aliphatic rings. The van der Waals surface area contributed by atoms with Crippen LogP contribution in [0.15, 0.2) is 48.6 Å². The van der Waals surface area contributed by atoms with Gasteiger partial charge in [-0.15, -0.1) is 0 Å². The Morgan fingerprint density at radius 2 is 0.806 bits per heavy atom. The predicted octanol–water partition coefficient (Wildman–Crippen LogP) is 19.1. The molecule has 0 spiro atoms. The Bertz CT molecular complexity index is 1310. The monoisotopic (exact) mass is 1030 g/mol. The first-order chi connectivity index (χ1) is 35.0. The summed E-state index contributed by atoms with van der Waals surface area (Å²) in [4.78, 5) is 23.3. The minimum absolute atomic E-state index is 0.0569. The van der Waals surface area contributed by atoms with Gasteiger partial charge in [0.2, 0.25) is 5.91 Å². The summed E-state index contributed by atoms with van der Waals surface area (Å²) in [5, 5.41) is 13.9. The Kier molecular flexibility index (Phi) is 53.1. The van der Waals surface area contributed by atoms with Gasteiger partial charge in [-0.1, -0.05) is 274 Å². The van der Waals surface area contributed by atoms with Crippen LogP contribution in [0.4, 0.5) is 0 Å². The van der Waals surface area contributed by atoms with Gasteiger partial charge in [-0.05, 0) is 64.2 Å². The van der Waals surface area contributed by atoms with Crippen molar-refractivity contribution >= 4 is 13.7 Å². The highest BCUT2D eigenvalue weighted by molar-refractivity contribution is 7.47. The first kappa shape index (κ1) is 70.5. The van der Waals surface area contributed by atoms with E-state index < -0.39 is 20.0 Å². The lowest BCUT2D eigenvalue weighted by Gasteiger charge is -2.25. The van der Waals surface area contributed by atoms with Gasteiger partial charge in [0.25, 0.3) is 0 Å². The number of nitrogens with zero attached hydrogens (tertiary/aromatic N) is 1. The molecule has 3 N–H and O–H groups in total. The number of aliphatic hydroxyl groups excluding tert-OH is 1. The molecule has 0 aromatic carbocycles. The quantitative estimate of drug-likeness (QED) is 0.0243. The number of amides is 1. The van der Waals surface area contributed by atoms with Crippen molar-refractivity contribution in [1.29, 1.82) is 0 Å². The number of hydrogen-bond acceptors (Lipinski definition) is 5. The average Bonchev–Trinajstić information content (AvgIpc) is 3.34. The van der Waals surface area contributed by atoms with Crippen LogP contribution in [-0.4, -0.2) is 73.4 Å². The molecule has 0 saturated carbocycles. The summed E-state index contributed by atoms with van der Waals surface area (Å²) in [6, 6.07) is -0.863. The summed E-state index contributed by atoms with van der Waals surface area (Å²) in [6.45, 7) is 4.82. The van der Waals surface area contributed by atoms with Gasteiger partial charge >= 0.3 is 7.82 Å². The fraction of sp³-hybridized carbons (Fsp3) is 0.857. The van der Waals surface area contributed by atoms with Crippen molar-refractivity contribution in [2.45, 2.75) is 309 Å². The van der Waals surface area contributed by atoms with Gasteiger partial charge < -0.3 is 19.8 Å². The first-order valence-electron chi connectivity index (χ1n) is 31.0. The van der Waals surface area contributed by atoms with Crippen molar-refractivity contribution in [3.8, 4) is 0 Å². The van der Waals surface area contributed by atoms with Crippen molar-refractivity contribution in [2.75, 3.05) is 40.9 Å². The highest BCUT2D eigenvalue weighted by Gasteiger charge is 2.27. The molecule has 72 heavy (non-hydrogen) atoms. The van der Waals surface area contributed by atoms with E-state index in [4.69, 9.17) is 9.05 Å². The van der Waals surface area contributed by atoms with Crippen LogP contribution in [0, 0.1) is 0 Å². The van der Waals surface area contributed by atoms with Crippen LogP contribution in [0.25, 0.3) is 0 Å². The van der Waals surface area contributed by atoms with E-state index in [9.17, 15) is 19.4 Å². The molecule has 8 nitrogen and oxygen atoms in total. The molecule has 1 amide bonds. The molecule has 0 aromatic heterocycles. The molecule has 0 aliphatic carbocycles. The maximum atomic E-state index is 13.0. The molecule has 0 fully saturated rings. The fourth-order valence-corrected chi connectivity index (χ4v) is 9.89. The topological polar surface area (TPSA) is 105 Å². The molecule has 0 aromatic rings. The Labute approximate surface area is 448 Å². The summed E-state index contributed by atoms with van der Waals surface area (Å²) in [5.41, 5.74) is 0. The lowest BCUT2D eigenvalue weighted by Crippen LogP contribution is -2.45. The second-order valence-electron chi connectivity index (χ2n) is 22.4. The van der Waals surface area contributed by atoms with Crippen LogP contribution in [0.2, 0.25) is 0 Å². The summed E-state index contributed by atoms with van der Waals surface area (Å²) in [6.07, 6.45) is 72.3. The molecule has 3 unspecified atom stereocenters. The van der Waals surface area contributed by atoms with Crippen molar-refractivity contribution in [3.63, 3.8) is 0 Å². The van der Waals surface area contributed by atoms with E-state index >= 15 is 0 Å². The average molecular weight is 1030 g/mol. The van der Waals surface area contributed by atoms with Crippen LogP contribution in [0.5, 0.6) is 0 Å². The van der Waals surface area contributed by atoms with E-state index in [1.54, 1.807) is 6.08 Å². The van der Waals surface area contributed by atoms with Gasteiger partial charge in [0.15, 0.2) is 0 Å². The fourth-order valence-electron chi connectivity index (χ4n) is 9.15. The number of rotatable bonds is 57. The third-order valence-corrected chi connectivity index (χ3v) is 15.0. The van der Waals surface area contributed by atoms with E-state index in [1.165, 1.54) is 231 Å². The number of carbonyl (C=O) groups excluding carboxylic acids is 1. The highest BCUT2D eigenvalue weighted by atomic mass is 31.2. The number of nitrogens with one attached hydrogen (secondary N) is 1. The van der Waals surface area contributed by atoms with Gasteiger partial charge in [-0.2, -0.15) is 0 Å². The van der Waals surface area contributed by atoms with E-state index in [2.05, 4.69) is 55.6 Å². The minimum Gasteiger partial charge on any atom is -0.387 e. The number of unbranched alkanes of at least 4 members (excludes halogenated alkanes) is 38. The summed E-state index contributed by atoms with van der Waals surface area (Å²) >= 11 is 0. The van der Waals surface area contributed by atoms with Gasteiger partial charge in [0.1, 0.15) is 13.2 Å². The summed E-state index contributed by atoms with van der Waals surface area (Å²) < 4.78 is 23.7. The van der Waals surface area contributed by atoms with E-state index in [0.29, 0.717) is 17.4 Å². The zero-order valence-corrected chi connectivity index (χ0v) is 49.3. The summed E-state index contributed by atoms with van der Waals surface area (Å²) in [5.74, 6) is -0.183. The lowest BCUT2D eigenvalue weighted by molar-refractivity contribution is -0.870. The second-order valence-corrected chi connectivity index (χ2v) is 23.9. The number of likely N-dealkylation sites (N-methyl/N-ethyl adjacent to an activating group) is 1. The first-order valence-corrected chi connectivity index (χ1v) is 32.5. The van der Waals surface area contributed by atoms with Crippen LogP contribution in [0.1, 0.15) is 296 Å². The maximum Gasteiger partial charge on any atom is 0.472 e. The van der Waals surface area contributed by atoms with Crippen LogP contribution >= 0.6 is 7.82 Å². The summed E-state index contributed by atoms with van der Waals surface area (Å²) in [7, 11) is 1.56. The SMILES string of the molecule is CCCCCCC/C=C\C/C=C\CCCCCCCCCCCCCCCCCCCCCC(=O)NC(COP(=O)(O)OCC[N+](C)(C)C)C(O)/C=C/CC/C=C/CCCCCCCCCCCCCCC. The van der Waals surface area contributed by atoms with Crippen molar-refractivity contribution in [1.82, 2.24) is 5.32 Å². The molecule has 0 radical (unpaired) electrons. The number of allylic oxidation sites excluding steroid dienone is 7. The zero-order valence-electron chi connectivity index (χ0n) is 48.4. The molecule has 0 saturated heterocycles. The Morgan fingerprint density at radius 3 is 1.19 bits per heavy atom. The Balaban J connectivity index is 4.11. The number of carbonyl (C=O) groups is 1. The van der Waals surface area contributed by atoms with Crippen LogP contribution < -0.4 is 5.32 Å². The van der Waals surface area contributed by atoms with E-state index in [1.807, 2.05) is 27.2 Å². The van der Waals surface area contributed by atoms with Crippen LogP contribution in [0.3, 0.4) is 0 Å². The van der Waals surface area contributed by atoms with Gasteiger partial charge in [0.05, 0.1) is 39.9 Å². The largest absolute Gasteiger partial charge is 0.472 e. The molecule has 424 valence electrons. The highest BCUT2D eigenvalue weighted by Crippen LogP contribution is 2.43. The van der Waals surface area contributed by atoms with E-state index in [-0.39, 0.29) is 19.1 Å². The zero-order chi connectivity index (χ0) is 52.7. The van der Waals surface area contributed by atoms with Gasteiger partial charge in [-0.3, -0.25) is 13.8 Å². The number of aliphatic hydroxyl groups is 1. The third-order valence-electron chi connectivity index (χ3n) is 14.0. The Morgan fingerprint density at radius 1 is 0.472 bits per heavy atom. The molecule has 0 aliphatic heterocycles. The van der Waals surface area contributed by atoms with Gasteiger partial charge in [0, 0.05) is 6.42 Å². The molecule has 3 atom stereocenters. The van der Waals surface area contributed by atoms with Gasteiger partial charge in [-0.25, -0.2) is 4.57 Å². The third kappa shape index (κ3) is 56.2. The molecule has 0 rings (SSSR count). The van der Waals surface area contributed by atoms with Crippen molar-refractivity contribution < 1.29 is 32.9 Å². The molecule has 0 bridgehead atoms.